The quantitative estimate of drug-likeness (QED) is 0.804. The minimum absolute atomic E-state index is 0.249. The maximum Gasteiger partial charge on any atom is 0.223 e. The van der Waals surface area contributed by atoms with Crippen molar-refractivity contribution >= 4 is 33.6 Å². The third-order valence-corrected chi connectivity index (χ3v) is 3.81. The number of hydrogen-bond donors (Lipinski definition) is 1. The molecule has 0 radical (unpaired) electrons. The monoisotopic (exact) mass is 279 g/mol. The molecule has 14 heavy (non-hydrogen) atoms. The van der Waals surface area contributed by atoms with Gasteiger partial charge < -0.3 is 5.32 Å². The molecule has 1 rings (SSSR count). The molecule has 2 atom stereocenters. The van der Waals surface area contributed by atoms with Gasteiger partial charge in [-0.25, -0.2) is 0 Å². The molecule has 0 aromatic rings. The van der Waals surface area contributed by atoms with Crippen LogP contribution in [0.25, 0.3) is 0 Å². The lowest BCUT2D eigenvalue weighted by Crippen LogP contribution is -2.34. The smallest absolute Gasteiger partial charge is 0.223 e. The van der Waals surface area contributed by atoms with Crippen molar-refractivity contribution in [2.75, 3.05) is 18.1 Å². The Morgan fingerprint density at radius 2 is 2.36 bits per heavy atom. The van der Waals surface area contributed by atoms with Gasteiger partial charge in [0.1, 0.15) is 0 Å². The molecule has 0 saturated carbocycles. The van der Waals surface area contributed by atoms with Crippen molar-refractivity contribution in [3.63, 3.8) is 0 Å². The molecule has 0 spiro atoms. The molecule has 1 amide bonds. The van der Waals surface area contributed by atoms with Crippen molar-refractivity contribution in [1.29, 1.82) is 0 Å². The summed E-state index contributed by atoms with van der Waals surface area (Å²) >= 11 is 5.40. The zero-order valence-corrected chi connectivity index (χ0v) is 11.0. The van der Waals surface area contributed by atoms with E-state index >= 15 is 0 Å². The number of hydrogen-bond acceptors (Lipinski definition) is 2. The zero-order valence-electron chi connectivity index (χ0n) is 8.59. The summed E-state index contributed by atoms with van der Waals surface area (Å²) in [4.78, 5) is 12.1. The number of rotatable bonds is 3. The van der Waals surface area contributed by atoms with E-state index in [2.05, 4.69) is 21.2 Å². The lowest BCUT2D eigenvalue weighted by Gasteiger charge is -2.14. The predicted molar refractivity (Wildman–Crippen MR) is 66.1 cm³/mol. The molecule has 0 aromatic heterocycles. The van der Waals surface area contributed by atoms with Crippen molar-refractivity contribution in [3.05, 3.63) is 0 Å². The van der Waals surface area contributed by atoms with Crippen LogP contribution in [0.15, 0.2) is 0 Å². The summed E-state index contributed by atoms with van der Waals surface area (Å²) in [5.74, 6) is 2.87. The fourth-order valence-electron chi connectivity index (χ4n) is 1.55. The summed E-state index contributed by atoms with van der Waals surface area (Å²) < 4.78 is 0. The molecule has 2 unspecified atom stereocenters. The van der Waals surface area contributed by atoms with Gasteiger partial charge in [0.25, 0.3) is 0 Å². The third kappa shape index (κ3) is 4.69. The Bertz CT molecular complexity index is 179. The van der Waals surface area contributed by atoms with Crippen molar-refractivity contribution in [1.82, 2.24) is 5.32 Å². The number of carbonyl (C=O) groups is 1. The molecule has 0 aliphatic carbocycles. The fourth-order valence-corrected chi connectivity index (χ4v) is 2.74. The minimum atomic E-state index is 0.249. The molecule has 1 fully saturated rings. The largest absolute Gasteiger partial charge is 0.355 e. The normalized spacial score (nSPS) is 25.1. The van der Waals surface area contributed by atoms with Gasteiger partial charge in [-0.2, -0.15) is 11.8 Å². The lowest BCUT2D eigenvalue weighted by atomic mass is 10.00. The molecular formula is C10H18BrNOS. The van der Waals surface area contributed by atoms with E-state index in [1.54, 1.807) is 0 Å². The van der Waals surface area contributed by atoms with Crippen LogP contribution >= 0.6 is 27.7 Å². The van der Waals surface area contributed by atoms with Gasteiger partial charge in [-0.15, -0.1) is 0 Å². The first kappa shape index (κ1) is 12.4. The van der Waals surface area contributed by atoms with E-state index in [-0.39, 0.29) is 11.8 Å². The van der Waals surface area contributed by atoms with Crippen molar-refractivity contribution in [3.8, 4) is 0 Å². The molecule has 4 heteroatoms. The van der Waals surface area contributed by atoms with Crippen LogP contribution < -0.4 is 5.32 Å². The molecule has 2 nitrogen and oxygen atoms in total. The topological polar surface area (TPSA) is 29.1 Å². The van der Waals surface area contributed by atoms with E-state index in [4.69, 9.17) is 0 Å². The van der Waals surface area contributed by atoms with Gasteiger partial charge in [0.05, 0.1) is 0 Å². The number of nitrogens with one attached hydrogen (secondary N) is 1. The molecule has 1 aliphatic rings. The van der Waals surface area contributed by atoms with Crippen LogP contribution in [0.1, 0.15) is 26.2 Å². The Hall–Kier alpha value is 0.300. The molecule has 82 valence electrons. The van der Waals surface area contributed by atoms with Crippen LogP contribution in [-0.4, -0.2) is 28.8 Å². The van der Waals surface area contributed by atoms with E-state index in [1.165, 1.54) is 12.2 Å². The lowest BCUT2D eigenvalue weighted by molar-refractivity contribution is -0.125. The fraction of sp³-hybridized carbons (Fsp3) is 0.900. The molecule has 1 saturated heterocycles. The zero-order chi connectivity index (χ0) is 10.4. The van der Waals surface area contributed by atoms with Crippen LogP contribution in [0, 0.1) is 5.92 Å². The summed E-state index contributed by atoms with van der Waals surface area (Å²) in [6.45, 7) is 2.78. The molecule has 0 aromatic carbocycles. The van der Waals surface area contributed by atoms with E-state index in [0.717, 1.165) is 25.1 Å². The van der Waals surface area contributed by atoms with Gasteiger partial charge in [0, 0.05) is 17.3 Å². The summed E-state index contributed by atoms with van der Waals surface area (Å²) in [5, 5.41) is 2.98. The number of carbonyl (C=O) groups excluding carboxylic acids is 1. The number of amides is 1. The van der Waals surface area contributed by atoms with Crippen LogP contribution in [0.2, 0.25) is 0 Å². The van der Waals surface area contributed by atoms with Crippen LogP contribution in [-0.2, 0) is 4.79 Å². The Labute approximate surface area is 98.7 Å². The highest BCUT2D eigenvalue weighted by atomic mass is 79.9. The Morgan fingerprint density at radius 1 is 1.57 bits per heavy atom. The van der Waals surface area contributed by atoms with Crippen LogP contribution in [0.4, 0.5) is 0 Å². The maximum absolute atomic E-state index is 11.7. The second kappa shape index (κ2) is 6.72. The van der Waals surface area contributed by atoms with Crippen molar-refractivity contribution in [2.45, 2.75) is 31.0 Å². The van der Waals surface area contributed by atoms with Gasteiger partial charge in [-0.3, -0.25) is 4.79 Å². The highest BCUT2D eigenvalue weighted by molar-refractivity contribution is 9.09. The SMILES string of the molecule is CC(Br)CNC(=O)C1CCCSCC1. The van der Waals surface area contributed by atoms with E-state index in [0.29, 0.717) is 4.83 Å². The van der Waals surface area contributed by atoms with Gasteiger partial charge in [-0.1, -0.05) is 22.9 Å². The van der Waals surface area contributed by atoms with Crippen LogP contribution in [0.5, 0.6) is 0 Å². The predicted octanol–water partition coefficient (Wildman–Crippen LogP) is 2.42. The maximum atomic E-state index is 11.7. The number of halogens is 1. The van der Waals surface area contributed by atoms with Crippen molar-refractivity contribution in [2.24, 2.45) is 5.92 Å². The van der Waals surface area contributed by atoms with E-state index in [9.17, 15) is 4.79 Å². The molecular weight excluding hydrogens is 262 g/mol. The van der Waals surface area contributed by atoms with Gasteiger partial charge in [0.2, 0.25) is 5.91 Å². The standard InChI is InChI=1S/C10H18BrNOS/c1-8(11)7-12-10(13)9-3-2-5-14-6-4-9/h8-9H,2-7H2,1H3,(H,12,13). The van der Waals surface area contributed by atoms with E-state index < -0.39 is 0 Å². The molecule has 0 bridgehead atoms. The average molecular weight is 280 g/mol. The van der Waals surface area contributed by atoms with Gasteiger partial charge >= 0.3 is 0 Å². The van der Waals surface area contributed by atoms with Crippen LogP contribution in [0.3, 0.4) is 0 Å². The van der Waals surface area contributed by atoms with E-state index in [1.807, 2.05) is 18.7 Å². The Balaban J connectivity index is 2.27. The summed E-state index contributed by atoms with van der Waals surface area (Å²) in [6.07, 6.45) is 3.30. The first-order valence-corrected chi connectivity index (χ1v) is 7.26. The first-order valence-electron chi connectivity index (χ1n) is 5.19. The van der Waals surface area contributed by atoms with Crippen molar-refractivity contribution < 1.29 is 4.79 Å². The Morgan fingerprint density at radius 3 is 3.07 bits per heavy atom. The second-order valence-corrected chi connectivity index (χ2v) is 6.55. The molecule has 1 N–H and O–H groups in total. The number of thioether (sulfide) groups is 1. The second-order valence-electron chi connectivity index (χ2n) is 3.77. The summed E-state index contributed by atoms with van der Waals surface area (Å²) in [5.41, 5.74) is 0. The summed E-state index contributed by atoms with van der Waals surface area (Å²) in [7, 11) is 0. The molecule has 1 heterocycles. The van der Waals surface area contributed by atoms with Gasteiger partial charge in [0.15, 0.2) is 0 Å². The first-order chi connectivity index (χ1) is 6.70. The average Bonchev–Trinajstić information content (AvgIpc) is 2.42. The summed E-state index contributed by atoms with van der Waals surface area (Å²) in [6, 6.07) is 0. The van der Waals surface area contributed by atoms with Gasteiger partial charge in [-0.05, 0) is 30.8 Å². The number of alkyl halides is 1. The highest BCUT2D eigenvalue weighted by Crippen LogP contribution is 2.22. The molecule has 1 aliphatic heterocycles. The Kier molecular flexibility index (Phi) is 5.94. The third-order valence-electron chi connectivity index (χ3n) is 2.38. The minimum Gasteiger partial charge on any atom is -0.355 e. The highest BCUT2D eigenvalue weighted by Gasteiger charge is 2.19.